The van der Waals surface area contributed by atoms with Crippen LogP contribution in [0.3, 0.4) is 0 Å². The van der Waals surface area contributed by atoms with Gasteiger partial charge in [0, 0.05) is 26.7 Å². The second-order valence-electron chi connectivity index (χ2n) is 7.32. The zero-order valence-electron chi connectivity index (χ0n) is 15.8. The van der Waals surface area contributed by atoms with Crippen molar-refractivity contribution in [1.82, 2.24) is 14.9 Å². The van der Waals surface area contributed by atoms with Crippen molar-refractivity contribution in [3.63, 3.8) is 0 Å². The van der Waals surface area contributed by atoms with Gasteiger partial charge in [0.05, 0.1) is 4.90 Å². The average molecular weight is 396 g/mol. The topological polar surface area (TPSA) is 87.7 Å². The largest absolute Gasteiger partial charge is 0.368 e. The first-order valence-corrected chi connectivity index (χ1v) is 11.0. The van der Waals surface area contributed by atoms with Crippen LogP contribution < -0.4 is 10.6 Å². The quantitative estimate of drug-likeness (QED) is 0.750. The number of rotatable bonds is 6. The van der Waals surface area contributed by atoms with Crippen LogP contribution in [0.25, 0.3) is 0 Å². The fraction of sp³-hybridized carbons (Fsp3) is 0.632. The Morgan fingerprint density at radius 1 is 1.22 bits per heavy atom. The van der Waals surface area contributed by atoms with Gasteiger partial charge >= 0.3 is 0 Å². The van der Waals surface area contributed by atoms with E-state index in [2.05, 4.69) is 10.6 Å². The number of carbonyl (C=O) groups is 1. The molecule has 2 heterocycles. The van der Waals surface area contributed by atoms with E-state index in [1.54, 1.807) is 35.7 Å². The van der Waals surface area contributed by atoms with E-state index in [4.69, 9.17) is 4.74 Å². The first-order chi connectivity index (χ1) is 13.0. The highest BCUT2D eigenvalue weighted by Crippen LogP contribution is 2.25. The molecule has 0 radical (unpaired) electrons. The van der Waals surface area contributed by atoms with Gasteiger partial charge in [-0.25, -0.2) is 8.42 Å². The second-order valence-corrected chi connectivity index (χ2v) is 9.26. The van der Waals surface area contributed by atoms with E-state index in [9.17, 15) is 13.2 Å². The Morgan fingerprint density at radius 2 is 1.85 bits per heavy atom. The molecular weight excluding hydrogens is 366 g/mol. The van der Waals surface area contributed by atoms with Crippen molar-refractivity contribution in [2.45, 2.75) is 36.2 Å². The summed E-state index contributed by atoms with van der Waals surface area (Å²) in [4.78, 5) is 13.0. The minimum Gasteiger partial charge on any atom is -0.368 e. The fourth-order valence-electron chi connectivity index (χ4n) is 3.85. The number of hydrogen-bond acceptors (Lipinski definition) is 5. The number of amides is 1. The van der Waals surface area contributed by atoms with Crippen LogP contribution in [0, 0.1) is 5.92 Å². The van der Waals surface area contributed by atoms with Crippen LogP contribution in [0.2, 0.25) is 0 Å². The molecule has 0 aromatic heterocycles. The van der Waals surface area contributed by atoms with Crippen LogP contribution in [-0.4, -0.2) is 64.1 Å². The zero-order chi connectivity index (χ0) is 19.3. The van der Waals surface area contributed by atoms with E-state index in [0.717, 1.165) is 25.9 Å². The molecular formula is C19H29N3O4S. The Bertz CT molecular complexity index is 725. The van der Waals surface area contributed by atoms with Gasteiger partial charge in [0.1, 0.15) is 5.60 Å². The lowest BCUT2D eigenvalue weighted by molar-refractivity contribution is -0.146. The Balaban J connectivity index is 1.50. The molecule has 1 amide bonds. The van der Waals surface area contributed by atoms with E-state index < -0.39 is 15.6 Å². The summed E-state index contributed by atoms with van der Waals surface area (Å²) in [5.74, 6) is 0.234. The summed E-state index contributed by atoms with van der Waals surface area (Å²) in [7, 11) is -1.83. The maximum Gasteiger partial charge on any atom is 0.252 e. The Labute approximate surface area is 161 Å². The summed E-state index contributed by atoms with van der Waals surface area (Å²) in [6.45, 7) is 3.08. The molecule has 2 fully saturated rings. The van der Waals surface area contributed by atoms with Crippen LogP contribution in [0.15, 0.2) is 35.2 Å². The number of sulfonamides is 1. The minimum absolute atomic E-state index is 0.0502. The van der Waals surface area contributed by atoms with Crippen molar-refractivity contribution in [1.29, 1.82) is 0 Å². The summed E-state index contributed by atoms with van der Waals surface area (Å²) in [5, 5.41) is 6.28. The first kappa shape index (κ1) is 20.3. The molecule has 0 bridgehead atoms. The molecule has 2 N–H and O–H groups in total. The van der Waals surface area contributed by atoms with Crippen molar-refractivity contribution >= 4 is 15.9 Å². The van der Waals surface area contributed by atoms with Gasteiger partial charge < -0.3 is 15.4 Å². The molecule has 0 unspecified atom stereocenters. The molecule has 2 saturated heterocycles. The predicted octanol–water partition coefficient (Wildman–Crippen LogP) is 0.972. The number of benzene rings is 1. The van der Waals surface area contributed by atoms with Gasteiger partial charge in [-0.15, -0.1) is 0 Å². The van der Waals surface area contributed by atoms with Crippen molar-refractivity contribution in [2.75, 3.05) is 39.8 Å². The Kier molecular flexibility index (Phi) is 6.52. The maximum atomic E-state index is 12.7. The third-order valence-electron chi connectivity index (χ3n) is 5.72. The molecule has 27 heavy (non-hydrogen) atoms. The molecule has 2 aliphatic heterocycles. The highest BCUT2D eigenvalue weighted by molar-refractivity contribution is 7.89. The monoisotopic (exact) mass is 395 g/mol. The molecule has 7 nitrogen and oxygen atoms in total. The van der Waals surface area contributed by atoms with E-state index in [-0.39, 0.29) is 11.8 Å². The number of methoxy groups -OCH3 is 1. The molecule has 1 aromatic carbocycles. The smallest absolute Gasteiger partial charge is 0.252 e. The third kappa shape index (κ3) is 4.51. The van der Waals surface area contributed by atoms with Gasteiger partial charge in [-0.2, -0.15) is 4.31 Å². The third-order valence-corrected chi connectivity index (χ3v) is 7.63. The normalized spacial score (nSPS) is 21.7. The highest BCUT2D eigenvalue weighted by Gasteiger charge is 2.40. The van der Waals surface area contributed by atoms with Crippen LogP contribution in [0.4, 0.5) is 0 Å². The van der Waals surface area contributed by atoms with Crippen LogP contribution in [-0.2, 0) is 19.6 Å². The molecule has 0 atom stereocenters. The first-order valence-electron chi connectivity index (χ1n) is 9.57. The zero-order valence-corrected chi connectivity index (χ0v) is 16.6. The minimum atomic E-state index is -3.43. The van der Waals surface area contributed by atoms with Crippen molar-refractivity contribution in [2.24, 2.45) is 5.92 Å². The molecule has 2 aliphatic rings. The molecule has 0 spiro atoms. The maximum absolute atomic E-state index is 12.7. The SMILES string of the molecule is COC1(C(=O)NCC2CCN(S(=O)(=O)c3ccccc3)CC2)CCNCC1. The predicted molar refractivity (Wildman–Crippen MR) is 103 cm³/mol. The van der Waals surface area contributed by atoms with E-state index in [1.165, 1.54) is 0 Å². The van der Waals surface area contributed by atoms with Gasteiger partial charge in [0.25, 0.3) is 5.91 Å². The standard InChI is InChI=1S/C19H29N3O4S/c1-26-19(9-11-20-12-10-19)18(23)21-15-16-7-13-22(14-8-16)27(24,25)17-5-3-2-4-6-17/h2-6,16,20H,7-15H2,1H3,(H,21,23). The number of carbonyl (C=O) groups excluding carboxylic acids is 1. The Hall–Kier alpha value is -1.48. The lowest BCUT2D eigenvalue weighted by Gasteiger charge is -2.36. The number of nitrogens with one attached hydrogen (secondary N) is 2. The van der Waals surface area contributed by atoms with Gasteiger partial charge in [-0.05, 0) is 56.8 Å². The van der Waals surface area contributed by atoms with E-state index >= 15 is 0 Å². The van der Waals surface area contributed by atoms with Crippen molar-refractivity contribution < 1.29 is 17.9 Å². The second kappa shape index (κ2) is 8.68. The van der Waals surface area contributed by atoms with Crippen molar-refractivity contribution in [3.05, 3.63) is 30.3 Å². The van der Waals surface area contributed by atoms with Crippen molar-refractivity contribution in [3.8, 4) is 0 Å². The summed E-state index contributed by atoms with van der Waals surface area (Å²) >= 11 is 0. The lowest BCUT2D eigenvalue weighted by atomic mass is 9.90. The average Bonchev–Trinajstić information content (AvgIpc) is 2.73. The molecule has 0 aliphatic carbocycles. The summed E-state index contributed by atoms with van der Waals surface area (Å²) in [6, 6.07) is 8.54. The summed E-state index contributed by atoms with van der Waals surface area (Å²) in [6.07, 6.45) is 2.83. The number of hydrogen-bond donors (Lipinski definition) is 2. The van der Waals surface area contributed by atoms with E-state index in [1.807, 2.05) is 6.07 Å². The van der Waals surface area contributed by atoms with E-state index in [0.29, 0.717) is 37.4 Å². The summed E-state index contributed by atoms with van der Waals surface area (Å²) in [5.41, 5.74) is -0.734. The van der Waals surface area contributed by atoms with Gasteiger partial charge in [0.15, 0.2) is 0 Å². The molecule has 8 heteroatoms. The number of ether oxygens (including phenoxy) is 1. The molecule has 150 valence electrons. The lowest BCUT2D eigenvalue weighted by Crippen LogP contribution is -2.55. The van der Waals surface area contributed by atoms with Gasteiger partial charge in [-0.3, -0.25) is 4.79 Å². The summed E-state index contributed by atoms with van der Waals surface area (Å²) < 4.78 is 32.5. The number of nitrogens with zero attached hydrogens (tertiary/aromatic N) is 1. The molecule has 1 aromatic rings. The highest BCUT2D eigenvalue weighted by atomic mass is 32.2. The van der Waals surface area contributed by atoms with Crippen LogP contribution in [0.5, 0.6) is 0 Å². The van der Waals surface area contributed by atoms with Gasteiger partial charge in [-0.1, -0.05) is 18.2 Å². The molecule has 3 rings (SSSR count). The van der Waals surface area contributed by atoms with Crippen LogP contribution >= 0.6 is 0 Å². The Morgan fingerprint density at radius 3 is 2.44 bits per heavy atom. The van der Waals surface area contributed by atoms with Gasteiger partial charge in [0.2, 0.25) is 10.0 Å². The fourth-order valence-corrected chi connectivity index (χ4v) is 5.34. The van der Waals surface area contributed by atoms with Crippen LogP contribution in [0.1, 0.15) is 25.7 Å². The number of piperidine rings is 2. The molecule has 0 saturated carbocycles.